The molecule has 0 saturated carbocycles. The van der Waals surface area contributed by atoms with Gasteiger partial charge in [-0.05, 0) is 30.9 Å². The summed E-state index contributed by atoms with van der Waals surface area (Å²) in [4.78, 5) is 23.0. The number of rotatable bonds is 6. The molecule has 20 heavy (non-hydrogen) atoms. The molecule has 0 fully saturated rings. The predicted octanol–water partition coefficient (Wildman–Crippen LogP) is 3.30. The summed E-state index contributed by atoms with van der Waals surface area (Å²) in [6, 6.07) is 3.93. The van der Waals surface area contributed by atoms with Crippen molar-refractivity contribution < 1.29 is 14.7 Å². The zero-order chi connectivity index (χ0) is 15.1. The van der Waals surface area contributed by atoms with Gasteiger partial charge >= 0.3 is 12.0 Å². The third kappa shape index (κ3) is 4.94. The maximum atomic E-state index is 11.9. The van der Waals surface area contributed by atoms with Gasteiger partial charge in [0.05, 0.1) is 11.3 Å². The summed E-state index contributed by atoms with van der Waals surface area (Å²) in [6.07, 6.45) is 2.77. The third-order valence-corrected chi connectivity index (χ3v) is 3.63. The van der Waals surface area contributed by atoms with Gasteiger partial charge in [0.15, 0.2) is 0 Å². The highest BCUT2D eigenvalue weighted by Crippen LogP contribution is 2.20. The van der Waals surface area contributed by atoms with Crippen LogP contribution in [0.4, 0.5) is 10.5 Å². The van der Waals surface area contributed by atoms with Crippen LogP contribution in [-0.2, 0) is 0 Å². The number of thioether (sulfide) groups is 1. The summed E-state index contributed by atoms with van der Waals surface area (Å²) in [5.74, 6) is -0.338. The van der Waals surface area contributed by atoms with Crippen LogP contribution in [0, 0.1) is 0 Å². The Kier molecular flexibility index (Phi) is 6.67. The van der Waals surface area contributed by atoms with Crippen molar-refractivity contribution in [2.45, 2.75) is 19.4 Å². The van der Waals surface area contributed by atoms with Crippen LogP contribution in [0.2, 0.25) is 5.02 Å². The molecule has 1 aromatic rings. The number of halogens is 1. The SMILES string of the molecule is CCC(CSC)NC(=O)Nc1ccc(Cl)cc1C(=O)O. The minimum atomic E-state index is -1.14. The molecule has 0 bridgehead atoms. The monoisotopic (exact) mass is 316 g/mol. The lowest BCUT2D eigenvalue weighted by Gasteiger charge is -2.17. The topological polar surface area (TPSA) is 78.4 Å². The summed E-state index contributed by atoms with van der Waals surface area (Å²) in [7, 11) is 0. The van der Waals surface area contributed by atoms with E-state index in [-0.39, 0.29) is 17.3 Å². The zero-order valence-electron chi connectivity index (χ0n) is 11.3. The van der Waals surface area contributed by atoms with Crippen molar-refractivity contribution >= 4 is 41.1 Å². The van der Waals surface area contributed by atoms with Crippen LogP contribution in [0.15, 0.2) is 18.2 Å². The molecule has 0 aromatic heterocycles. The summed E-state index contributed by atoms with van der Waals surface area (Å²) < 4.78 is 0. The second-order valence-corrected chi connectivity index (χ2v) is 5.50. The molecule has 1 rings (SSSR count). The summed E-state index contributed by atoms with van der Waals surface area (Å²) in [5.41, 5.74) is 0.184. The number of carbonyl (C=O) groups is 2. The van der Waals surface area contributed by atoms with Crippen molar-refractivity contribution in [2.24, 2.45) is 0 Å². The van der Waals surface area contributed by atoms with Crippen LogP contribution in [-0.4, -0.2) is 35.2 Å². The molecule has 1 unspecified atom stereocenters. The lowest BCUT2D eigenvalue weighted by Crippen LogP contribution is -2.39. The molecule has 0 spiro atoms. The molecule has 2 amide bonds. The number of benzene rings is 1. The number of carboxylic acids is 1. The van der Waals surface area contributed by atoms with Crippen LogP contribution in [0.25, 0.3) is 0 Å². The molecule has 3 N–H and O–H groups in total. The molecule has 0 aliphatic heterocycles. The van der Waals surface area contributed by atoms with Gasteiger partial charge in [0.1, 0.15) is 0 Å². The molecule has 0 saturated heterocycles. The Balaban J connectivity index is 2.77. The van der Waals surface area contributed by atoms with Crippen molar-refractivity contribution in [3.63, 3.8) is 0 Å². The number of carbonyl (C=O) groups excluding carboxylic acids is 1. The summed E-state index contributed by atoms with van der Waals surface area (Å²) in [5, 5.41) is 14.7. The van der Waals surface area contributed by atoms with Crippen molar-refractivity contribution in [1.82, 2.24) is 5.32 Å². The van der Waals surface area contributed by atoms with E-state index < -0.39 is 12.0 Å². The average Bonchev–Trinajstić information content (AvgIpc) is 2.40. The molecule has 1 aromatic carbocycles. The molecule has 5 nitrogen and oxygen atoms in total. The van der Waals surface area contributed by atoms with E-state index in [4.69, 9.17) is 16.7 Å². The van der Waals surface area contributed by atoms with E-state index in [0.717, 1.165) is 12.2 Å². The smallest absolute Gasteiger partial charge is 0.337 e. The maximum Gasteiger partial charge on any atom is 0.337 e. The van der Waals surface area contributed by atoms with Crippen molar-refractivity contribution in [2.75, 3.05) is 17.3 Å². The quantitative estimate of drug-likeness (QED) is 0.752. The van der Waals surface area contributed by atoms with Gasteiger partial charge in [0.25, 0.3) is 0 Å². The normalized spacial score (nSPS) is 11.8. The fourth-order valence-corrected chi connectivity index (χ4v) is 2.50. The second-order valence-electron chi connectivity index (χ2n) is 4.15. The molecular weight excluding hydrogens is 300 g/mol. The molecular formula is C13H17ClN2O3S. The standard InChI is InChI=1S/C13H17ClN2O3S/c1-3-9(7-20-2)15-13(19)16-11-5-4-8(14)6-10(11)12(17)18/h4-6,9H,3,7H2,1-2H3,(H,17,18)(H2,15,16,19). The van der Waals surface area contributed by atoms with Gasteiger partial charge < -0.3 is 15.7 Å². The number of anilines is 1. The number of carboxylic acid groups (broad SMARTS) is 1. The molecule has 0 radical (unpaired) electrons. The van der Waals surface area contributed by atoms with Crippen LogP contribution in [0.5, 0.6) is 0 Å². The van der Waals surface area contributed by atoms with Crippen LogP contribution in [0.1, 0.15) is 23.7 Å². The Morgan fingerprint density at radius 2 is 2.15 bits per heavy atom. The van der Waals surface area contributed by atoms with Crippen molar-refractivity contribution in [3.05, 3.63) is 28.8 Å². The predicted molar refractivity (Wildman–Crippen MR) is 83.0 cm³/mol. The summed E-state index contributed by atoms with van der Waals surface area (Å²) >= 11 is 7.39. The van der Waals surface area contributed by atoms with Gasteiger partial charge in [0.2, 0.25) is 0 Å². The van der Waals surface area contributed by atoms with E-state index >= 15 is 0 Å². The zero-order valence-corrected chi connectivity index (χ0v) is 12.8. The molecule has 0 aliphatic rings. The fraction of sp³-hybridized carbons (Fsp3) is 0.385. The van der Waals surface area contributed by atoms with Gasteiger partial charge in [-0.25, -0.2) is 9.59 Å². The largest absolute Gasteiger partial charge is 0.478 e. The van der Waals surface area contributed by atoms with Gasteiger partial charge in [-0.3, -0.25) is 0 Å². The Morgan fingerprint density at radius 3 is 2.70 bits per heavy atom. The van der Waals surface area contributed by atoms with E-state index in [0.29, 0.717) is 5.02 Å². The molecule has 0 aliphatic carbocycles. The first kappa shape index (κ1) is 16.7. The molecule has 110 valence electrons. The Bertz CT molecular complexity index is 497. The number of amides is 2. The van der Waals surface area contributed by atoms with E-state index in [1.807, 2.05) is 13.2 Å². The van der Waals surface area contributed by atoms with Crippen molar-refractivity contribution in [1.29, 1.82) is 0 Å². The maximum absolute atomic E-state index is 11.9. The second kappa shape index (κ2) is 8.01. The number of nitrogens with one attached hydrogen (secondary N) is 2. The van der Waals surface area contributed by atoms with Gasteiger partial charge in [-0.2, -0.15) is 11.8 Å². The number of aromatic carboxylic acids is 1. The van der Waals surface area contributed by atoms with Gasteiger partial charge in [0, 0.05) is 16.8 Å². The summed E-state index contributed by atoms with van der Waals surface area (Å²) in [6.45, 7) is 1.98. The van der Waals surface area contributed by atoms with Crippen molar-refractivity contribution in [3.8, 4) is 0 Å². The van der Waals surface area contributed by atoms with E-state index in [1.54, 1.807) is 11.8 Å². The van der Waals surface area contributed by atoms with Crippen LogP contribution in [0.3, 0.4) is 0 Å². The van der Waals surface area contributed by atoms with E-state index in [9.17, 15) is 9.59 Å². The number of urea groups is 1. The van der Waals surface area contributed by atoms with Gasteiger partial charge in [-0.1, -0.05) is 18.5 Å². The Labute approximate surface area is 127 Å². The first-order valence-electron chi connectivity index (χ1n) is 6.07. The van der Waals surface area contributed by atoms with Crippen LogP contribution < -0.4 is 10.6 Å². The number of hydrogen-bond acceptors (Lipinski definition) is 3. The third-order valence-electron chi connectivity index (χ3n) is 2.66. The first-order valence-corrected chi connectivity index (χ1v) is 7.84. The number of hydrogen-bond donors (Lipinski definition) is 3. The van der Waals surface area contributed by atoms with Gasteiger partial charge in [-0.15, -0.1) is 0 Å². The minimum absolute atomic E-state index is 0.0365. The molecule has 1 atom stereocenters. The lowest BCUT2D eigenvalue weighted by atomic mass is 10.2. The fourth-order valence-electron chi connectivity index (χ4n) is 1.61. The van der Waals surface area contributed by atoms with E-state index in [1.165, 1.54) is 18.2 Å². The lowest BCUT2D eigenvalue weighted by molar-refractivity contribution is 0.0698. The highest BCUT2D eigenvalue weighted by molar-refractivity contribution is 7.98. The minimum Gasteiger partial charge on any atom is -0.478 e. The molecule has 0 heterocycles. The molecule has 7 heteroatoms. The first-order chi connectivity index (χ1) is 9.47. The highest BCUT2D eigenvalue weighted by atomic mass is 35.5. The Morgan fingerprint density at radius 1 is 1.45 bits per heavy atom. The average molecular weight is 317 g/mol. The van der Waals surface area contributed by atoms with E-state index in [2.05, 4.69) is 10.6 Å². The highest BCUT2D eigenvalue weighted by Gasteiger charge is 2.15. The van der Waals surface area contributed by atoms with Crippen LogP contribution >= 0.6 is 23.4 Å². The Hall–Kier alpha value is -1.40.